The molecule has 7 nitrogen and oxygen atoms in total. The minimum atomic E-state index is 0.604. The van der Waals surface area contributed by atoms with Crippen molar-refractivity contribution in [1.82, 2.24) is 24.9 Å². The fraction of sp³-hybridized carbons (Fsp3) is 0.278. The summed E-state index contributed by atoms with van der Waals surface area (Å²) in [5.74, 6) is 1.25. The second kappa shape index (κ2) is 7.21. The average Bonchev–Trinajstić information content (AvgIpc) is 2.62. The van der Waals surface area contributed by atoms with Gasteiger partial charge < -0.3 is 10.2 Å². The van der Waals surface area contributed by atoms with E-state index in [9.17, 15) is 0 Å². The van der Waals surface area contributed by atoms with Crippen molar-refractivity contribution in [2.75, 3.05) is 24.3 Å². The maximum Gasteiger partial charge on any atom is 0.225 e. The van der Waals surface area contributed by atoms with E-state index in [1.807, 2.05) is 44.0 Å². The van der Waals surface area contributed by atoms with Crippen LogP contribution in [0.3, 0.4) is 0 Å². The minimum Gasteiger partial charge on any atom is -0.357 e. The molecule has 0 fully saturated rings. The van der Waals surface area contributed by atoms with Gasteiger partial charge in [-0.05, 0) is 32.0 Å². The summed E-state index contributed by atoms with van der Waals surface area (Å²) in [4.78, 5) is 24.0. The van der Waals surface area contributed by atoms with Crippen LogP contribution in [-0.4, -0.2) is 39.0 Å². The topological polar surface area (TPSA) is 79.7 Å². The number of hydrogen-bond donors (Lipinski definition) is 1. The van der Waals surface area contributed by atoms with Gasteiger partial charge >= 0.3 is 0 Å². The van der Waals surface area contributed by atoms with Crippen LogP contribution in [-0.2, 0) is 6.54 Å². The molecular formula is C18H21N7. The van der Waals surface area contributed by atoms with Crippen molar-refractivity contribution >= 4 is 11.9 Å². The summed E-state index contributed by atoms with van der Waals surface area (Å²) in [5.41, 5.74) is 4.83. The number of hydrogen-bond acceptors (Lipinski definition) is 7. The fourth-order valence-corrected chi connectivity index (χ4v) is 2.55. The maximum absolute atomic E-state index is 4.68. The number of nitrogens with zero attached hydrogens (tertiary/aromatic N) is 6. The molecule has 3 rings (SSSR count). The molecule has 3 heterocycles. The second-order valence-electron chi connectivity index (χ2n) is 5.85. The van der Waals surface area contributed by atoms with E-state index < -0.39 is 0 Å². The van der Waals surface area contributed by atoms with E-state index in [1.54, 1.807) is 25.6 Å². The van der Waals surface area contributed by atoms with Crippen LogP contribution in [0.5, 0.6) is 0 Å². The van der Waals surface area contributed by atoms with Crippen molar-refractivity contribution in [3.05, 3.63) is 53.7 Å². The molecule has 7 heteroatoms. The van der Waals surface area contributed by atoms with Crippen molar-refractivity contribution in [2.24, 2.45) is 0 Å². The quantitative estimate of drug-likeness (QED) is 0.767. The van der Waals surface area contributed by atoms with Crippen molar-refractivity contribution in [3.8, 4) is 11.3 Å². The van der Waals surface area contributed by atoms with Gasteiger partial charge in [0, 0.05) is 61.7 Å². The largest absolute Gasteiger partial charge is 0.357 e. The van der Waals surface area contributed by atoms with Crippen molar-refractivity contribution < 1.29 is 0 Å². The zero-order valence-corrected chi connectivity index (χ0v) is 14.9. The number of aryl methyl sites for hydroxylation is 2. The Hall–Kier alpha value is -3.09. The summed E-state index contributed by atoms with van der Waals surface area (Å²) in [6.45, 7) is 4.60. The van der Waals surface area contributed by atoms with E-state index in [-0.39, 0.29) is 0 Å². The Labute approximate surface area is 147 Å². The van der Waals surface area contributed by atoms with Crippen molar-refractivity contribution in [3.63, 3.8) is 0 Å². The van der Waals surface area contributed by atoms with Gasteiger partial charge in [0.05, 0.1) is 5.69 Å². The lowest BCUT2D eigenvalue weighted by atomic mass is 10.1. The van der Waals surface area contributed by atoms with Crippen LogP contribution >= 0.6 is 0 Å². The summed E-state index contributed by atoms with van der Waals surface area (Å²) in [7, 11) is 3.74. The molecule has 0 aliphatic carbocycles. The highest BCUT2D eigenvalue weighted by atomic mass is 15.2. The summed E-state index contributed by atoms with van der Waals surface area (Å²) in [5, 5.41) is 2.91. The Morgan fingerprint density at radius 3 is 2.44 bits per heavy atom. The molecule has 1 N–H and O–H groups in total. The summed E-state index contributed by atoms with van der Waals surface area (Å²) < 4.78 is 0. The van der Waals surface area contributed by atoms with Crippen LogP contribution in [0.15, 0.2) is 36.8 Å². The highest BCUT2D eigenvalue weighted by Crippen LogP contribution is 2.22. The van der Waals surface area contributed by atoms with Crippen LogP contribution < -0.4 is 10.2 Å². The van der Waals surface area contributed by atoms with Gasteiger partial charge in [-0.3, -0.25) is 4.98 Å². The second-order valence-corrected chi connectivity index (χ2v) is 5.85. The predicted molar refractivity (Wildman–Crippen MR) is 98.4 cm³/mol. The summed E-state index contributed by atoms with van der Waals surface area (Å²) >= 11 is 0. The molecule has 0 bridgehead atoms. The van der Waals surface area contributed by atoms with Gasteiger partial charge in [0.1, 0.15) is 0 Å². The molecule has 0 saturated carbocycles. The van der Waals surface area contributed by atoms with Gasteiger partial charge in [-0.25, -0.2) is 19.9 Å². The summed E-state index contributed by atoms with van der Waals surface area (Å²) in [6.07, 6.45) is 5.37. The number of rotatable bonds is 5. The van der Waals surface area contributed by atoms with Crippen LogP contribution in [0.25, 0.3) is 11.3 Å². The lowest BCUT2D eigenvalue weighted by Crippen LogP contribution is -2.19. The molecule has 0 aliphatic heterocycles. The van der Waals surface area contributed by atoms with Crippen LogP contribution in [0, 0.1) is 13.8 Å². The Morgan fingerprint density at radius 1 is 1.00 bits per heavy atom. The number of anilines is 2. The molecule has 0 unspecified atom stereocenters. The van der Waals surface area contributed by atoms with Gasteiger partial charge in [0.25, 0.3) is 0 Å². The molecule has 3 aromatic heterocycles. The van der Waals surface area contributed by atoms with Gasteiger partial charge in [-0.1, -0.05) is 0 Å². The van der Waals surface area contributed by atoms with E-state index >= 15 is 0 Å². The normalized spacial score (nSPS) is 10.6. The Balaban J connectivity index is 1.82. The predicted octanol–water partition coefficient (Wildman–Crippen LogP) is 2.62. The first kappa shape index (κ1) is 16.8. The fourth-order valence-electron chi connectivity index (χ4n) is 2.55. The molecule has 0 aromatic carbocycles. The third-order valence-electron chi connectivity index (χ3n) is 3.83. The number of pyridine rings is 1. The molecule has 0 aliphatic rings. The van der Waals surface area contributed by atoms with Gasteiger partial charge in [0.15, 0.2) is 0 Å². The summed E-state index contributed by atoms with van der Waals surface area (Å²) in [6, 6.07) is 5.95. The molecule has 0 radical (unpaired) electrons. The molecule has 25 heavy (non-hydrogen) atoms. The molecule has 0 amide bonds. The van der Waals surface area contributed by atoms with E-state index in [0.717, 1.165) is 28.2 Å². The zero-order chi connectivity index (χ0) is 17.8. The van der Waals surface area contributed by atoms with Gasteiger partial charge in [-0.15, -0.1) is 0 Å². The minimum absolute atomic E-state index is 0.604. The third kappa shape index (κ3) is 3.88. The molecule has 128 valence electrons. The molecular weight excluding hydrogens is 314 g/mol. The number of nitrogens with one attached hydrogen (secondary N) is 1. The van der Waals surface area contributed by atoms with Crippen molar-refractivity contribution in [2.45, 2.75) is 20.4 Å². The zero-order valence-electron chi connectivity index (χ0n) is 14.9. The first-order valence-electron chi connectivity index (χ1n) is 8.04. The molecule has 0 atom stereocenters. The third-order valence-corrected chi connectivity index (χ3v) is 3.83. The SMILES string of the molecule is CNc1ncc(CN(C)c2nccc(-c3ccc(C)nc3C)n2)cn1. The Kier molecular flexibility index (Phi) is 4.83. The first-order valence-corrected chi connectivity index (χ1v) is 8.04. The van der Waals surface area contributed by atoms with Gasteiger partial charge in [-0.2, -0.15) is 0 Å². The Bertz CT molecular complexity index is 862. The lowest BCUT2D eigenvalue weighted by Gasteiger charge is -2.17. The molecule has 0 saturated heterocycles. The van der Waals surface area contributed by atoms with Crippen molar-refractivity contribution in [1.29, 1.82) is 0 Å². The van der Waals surface area contributed by atoms with Gasteiger partial charge in [0.2, 0.25) is 11.9 Å². The molecule has 3 aromatic rings. The smallest absolute Gasteiger partial charge is 0.225 e. The van der Waals surface area contributed by atoms with Crippen LogP contribution in [0.1, 0.15) is 17.0 Å². The van der Waals surface area contributed by atoms with E-state index in [2.05, 4.69) is 30.2 Å². The maximum atomic E-state index is 4.68. The molecule has 0 spiro atoms. The lowest BCUT2D eigenvalue weighted by molar-refractivity contribution is 0.856. The van der Waals surface area contributed by atoms with Crippen LogP contribution in [0.2, 0.25) is 0 Å². The standard InChI is InChI=1S/C18H21N7/c1-12-5-6-15(13(2)23-12)16-7-8-20-18(24-16)25(4)11-14-9-21-17(19-3)22-10-14/h5-10H,11H2,1-4H3,(H,19,21,22). The first-order chi connectivity index (χ1) is 12.1. The highest BCUT2D eigenvalue weighted by molar-refractivity contribution is 5.62. The average molecular weight is 335 g/mol. The highest BCUT2D eigenvalue weighted by Gasteiger charge is 2.10. The monoisotopic (exact) mass is 335 g/mol. The van der Waals surface area contributed by atoms with E-state index in [4.69, 9.17) is 0 Å². The Morgan fingerprint density at radius 2 is 1.76 bits per heavy atom. The van der Waals surface area contributed by atoms with Crippen LogP contribution in [0.4, 0.5) is 11.9 Å². The number of aromatic nitrogens is 5. The van der Waals surface area contributed by atoms with E-state index in [0.29, 0.717) is 18.4 Å². The van der Waals surface area contributed by atoms with E-state index in [1.165, 1.54) is 0 Å².